The van der Waals surface area contributed by atoms with E-state index in [0.717, 1.165) is 30.5 Å². The average Bonchev–Trinajstić information content (AvgIpc) is 3.21. The SMILES string of the molecule is CCc1cccc(NC(=O)CN(CC(=O)O)C2CC2)c1. The predicted octanol–water partition coefficient (Wildman–Crippen LogP) is 1.74. The molecule has 1 aromatic rings. The lowest BCUT2D eigenvalue weighted by Crippen LogP contribution is -2.38. The lowest BCUT2D eigenvalue weighted by Gasteiger charge is -2.19. The summed E-state index contributed by atoms with van der Waals surface area (Å²) in [5, 5.41) is 11.7. The number of hydrogen-bond donors (Lipinski definition) is 2. The summed E-state index contributed by atoms with van der Waals surface area (Å²) in [5.74, 6) is -1.05. The minimum absolute atomic E-state index is 0.0763. The van der Waals surface area contributed by atoms with E-state index < -0.39 is 5.97 Å². The van der Waals surface area contributed by atoms with Crippen LogP contribution in [0.2, 0.25) is 0 Å². The van der Waals surface area contributed by atoms with Crippen LogP contribution in [-0.2, 0) is 16.0 Å². The minimum atomic E-state index is -0.891. The number of carbonyl (C=O) groups is 2. The van der Waals surface area contributed by atoms with E-state index >= 15 is 0 Å². The van der Waals surface area contributed by atoms with Crippen LogP contribution in [0.25, 0.3) is 0 Å². The fourth-order valence-corrected chi connectivity index (χ4v) is 2.18. The molecule has 5 heteroatoms. The van der Waals surface area contributed by atoms with Gasteiger partial charge in [-0.3, -0.25) is 14.5 Å². The Balaban J connectivity index is 1.91. The average molecular weight is 276 g/mol. The van der Waals surface area contributed by atoms with E-state index in [1.807, 2.05) is 24.3 Å². The Kier molecular flexibility index (Phi) is 4.74. The summed E-state index contributed by atoms with van der Waals surface area (Å²) in [4.78, 5) is 24.5. The smallest absolute Gasteiger partial charge is 0.317 e. The van der Waals surface area contributed by atoms with Crippen molar-refractivity contribution in [3.63, 3.8) is 0 Å². The quantitative estimate of drug-likeness (QED) is 0.796. The van der Waals surface area contributed by atoms with E-state index in [-0.39, 0.29) is 25.0 Å². The molecule has 5 nitrogen and oxygen atoms in total. The second kappa shape index (κ2) is 6.52. The molecular weight excluding hydrogens is 256 g/mol. The molecule has 1 fully saturated rings. The molecule has 2 rings (SSSR count). The maximum absolute atomic E-state index is 12.0. The van der Waals surface area contributed by atoms with Crippen molar-refractivity contribution >= 4 is 17.6 Å². The molecule has 0 radical (unpaired) electrons. The Hall–Kier alpha value is -1.88. The van der Waals surface area contributed by atoms with Crippen LogP contribution in [0.4, 0.5) is 5.69 Å². The lowest BCUT2D eigenvalue weighted by molar-refractivity contribution is -0.138. The molecule has 0 heterocycles. The number of hydrogen-bond acceptors (Lipinski definition) is 3. The van der Waals surface area contributed by atoms with Crippen molar-refractivity contribution in [3.8, 4) is 0 Å². The first-order chi connectivity index (χ1) is 9.58. The second-order valence-corrected chi connectivity index (χ2v) is 5.13. The van der Waals surface area contributed by atoms with Gasteiger partial charge in [-0.25, -0.2) is 0 Å². The largest absolute Gasteiger partial charge is 0.480 e. The molecule has 0 saturated heterocycles. The van der Waals surface area contributed by atoms with Gasteiger partial charge in [-0.05, 0) is 37.0 Å². The Bertz CT molecular complexity index is 498. The number of aryl methyl sites for hydroxylation is 1. The normalized spacial score (nSPS) is 14.3. The molecule has 0 aromatic heterocycles. The van der Waals surface area contributed by atoms with Gasteiger partial charge < -0.3 is 10.4 Å². The highest BCUT2D eigenvalue weighted by Crippen LogP contribution is 2.26. The Morgan fingerprint density at radius 1 is 1.35 bits per heavy atom. The summed E-state index contributed by atoms with van der Waals surface area (Å²) in [5.41, 5.74) is 1.92. The van der Waals surface area contributed by atoms with Gasteiger partial charge in [-0.2, -0.15) is 0 Å². The third kappa shape index (κ3) is 4.35. The minimum Gasteiger partial charge on any atom is -0.480 e. The molecule has 0 bridgehead atoms. The molecule has 1 aromatic carbocycles. The number of carbonyl (C=O) groups excluding carboxylic acids is 1. The number of benzene rings is 1. The monoisotopic (exact) mass is 276 g/mol. The van der Waals surface area contributed by atoms with E-state index in [4.69, 9.17) is 5.11 Å². The zero-order valence-electron chi connectivity index (χ0n) is 11.6. The number of rotatable bonds is 7. The molecule has 0 aliphatic heterocycles. The van der Waals surface area contributed by atoms with Gasteiger partial charge in [0.25, 0.3) is 0 Å². The fraction of sp³-hybridized carbons (Fsp3) is 0.467. The van der Waals surface area contributed by atoms with Crippen LogP contribution in [0, 0.1) is 0 Å². The highest BCUT2D eigenvalue weighted by atomic mass is 16.4. The molecule has 1 aliphatic carbocycles. The van der Waals surface area contributed by atoms with E-state index in [2.05, 4.69) is 12.2 Å². The molecular formula is C15H20N2O3. The first-order valence-electron chi connectivity index (χ1n) is 6.93. The highest BCUT2D eigenvalue weighted by Gasteiger charge is 2.31. The zero-order chi connectivity index (χ0) is 14.5. The second-order valence-electron chi connectivity index (χ2n) is 5.13. The number of aliphatic carboxylic acids is 1. The van der Waals surface area contributed by atoms with Crippen LogP contribution in [0.1, 0.15) is 25.3 Å². The predicted molar refractivity (Wildman–Crippen MR) is 76.7 cm³/mol. The molecule has 1 aliphatic rings. The standard InChI is InChI=1S/C15H20N2O3/c1-2-11-4-3-5-12(8-11)16-14(18)9-17(10-15(19)20)13-6-7-13/h3-5,8,13H,2,6-7,9-10H2,1H3,(H,16,18)(H,19,20). The van der Waals surface area contributed by atoms with Gasteiger partial charge in [0.15, 0.2) is 0 Å². The highest BCUT2D eigenvalue weighted by molar-refractivity contribution is 5.92. The molecule has 0 unspecified atom stereocenters. The number of carboxylic acids is 1. The molecule has 108 valence electrons. The Labute approximate surface area is 118 Å². The van der Waals surface area contributed by atoms with Crippen LogP contribution in [0.3, 0.4) is 0 Å². The van der Waals surface area contributed by atoms with Crippen molar-refractivity contribution in [3.05, 3.63) is 29.8 Å². The fourth-order valence-electron chi connectivity index (χ4n) is 2.18. The molecule has 0 atom stereocenters. The lowest BCUT2D eigenvalue weighted by atomic mass is 10.1. The van der Waals surface area contributed by atoms with Crippen LogP contribution in [0.5, 0.6) is 0 Å². The van der Waals surface area contributed by atoms with Gasteiger partial charge in [0, 0.05) is 11.7 Å². The summed E-state index contributed by atoms with van der Waals surface area (Å²) in [6, 6.07) is 7.95. The zero-order valence-corrected chi connectivity index (χ0v) is 11.6. The molecule has 1 saturated carbocycles. The van der Waals surface area contributed by atoms with Gasteiger partial charge in [-0.1, -0.05) is 19.1 Å². The van der Waals surface area contributed by atoms with Crippen molar-refractivity contribution in [2.24, 2.45) is 0 Å². The first-order valence-corrected chi connectivity index (χ1v) is 6.93. The summed E-state index contributed by atoms with van der Waals surface area (Å²) in [6.45, 7) is 2.11. The van der Waals surface area contributed by atoms with Gasteiger partial charge >= 0.3 is 5.97 Å². The van der Waals surface area contributed by atoms with Gasteiger partial charge in [0.1, 0.15) is 0 Å². The van der Waals surface area contributed by atoms with Crippen LogP contribution in [0.15, 0.2) is 24.3 Å². The number of amides is 1. The summed E-state index contributed by atoms with van der Waals surface area (Å²) in [6.07, 6.45) is 2.87. The summed E-state index contributed by atoms with van der Waals surface area (Å²) in [7, 11) is 0. The third-order valence-electron chi connectivity index (χ3n) is 3.37. The third-order valence-corrected chi connectivity index (χ3v) is 3.37. The van der Waals surface area contributed by atoms with Crippen LogP contribution < -0.4 is 5.32 Å². The van der Waals surface area contributed by atoms with Crippen molar-refractivity contribution in [1.82, 2.24) is 4.90 Å². The topological polar surface area (TPSA) is 69.6 Å². The van der Waals surface area contributed by atoms with Gasteiger partial charge in [0.05, 0.1) is 13.1 Å². The maximum Gasteiger partial charge on any atom is 0.317 e. The van der Waals surface area contributed by atoms with Crippen molar-refractivity contribution in [1.29, 1.82) is 0 Å². The molecule has 2 N–H and O–H groups in total. The molecule has 20 heavy (non-hydrogen) atoms. The van der Waals surface area contributed by atoms with Crippen LogP contribution in [-0.4, -0.2) is 41.0 Å². The Morgan fingerprint density at radius 3 is 2.70 bits per heavy atom. The number of anilines is 1. The molecule has 0 spiro atoms. The van der Waals surface area contributed by atoms with Crippen molar-refractivity contribution in [2.45, 2.75) is 32.2 Å². The van der Waals surface area contributed by atoms with Gasteiger partial charge in [0.2, 0.25) is 5.91 Å². The maximum atomic E-state index is 12.0. The Morgan fingerprint density at radius 2 is 2.10 bits per heavy atom. The number of nitrogens with one attached hydrogen (secondary N) is 1. The molecule has 1 amide bonds. The van der Waals surface area contributed by atoms with E-state index in [1.165, 1.54) is 0 Å². The van der Waals surface area contributed by atoms with Crippen molar-refractivity contribution < 1.29 is 14.7 Å². The number of carboxylic acid groups (broad SMARTS) is 1. The van der Waals surface area contributed by atoms with Crippen LogP contribution >= 0.6 is 0 Å². The summed E-state index contributed by atoms with van der Waals surface area (Å²) >= 11 is 0. The number of nitrogens with zero attached hydrogens (tertiary/aromatic N) is 1. The first kappa shape index (κ1) is 14.5. The van der Waals surface area contributed by atoms with Gasteiger partial charge in [-0.15, -0.1) is 0 Å². The summed E-state index contributed by atoms with van der Waals surface area (Å²) < 4.78 is 0. The van der Waals surface area contributed by atoms with E-state index in [1.54, 1.807) is 4.90 Å². The van der Waals surface area contributed by atoms with Crippen molar-refractivity contribution in [2.75, 3.05) is 18.4 Å². The van der Waals surface area contributed by atoms with E-state index in [0.29, 0.717) is 0 Å². The van der Waals surface area contributed by atoms with E-state index in [9.17, 15) is 9.59 Å².